The monoisotopic (exact) mass is 336 g/mol. The van der Waals surface area contributed by atoms with Gasteiger partial charge >= 0.3 is 0 Å². The highest BCUT2D eigenvalue weighted by molar-refractivity contribution is 9.09. The molecule has 0 spiro atoms. The fraction of sp³-hybridized carbons (Fsp3) is 1.00. The third-order valence-corrected chi connectivity index (χ3v) is 7.68. The van der Waals surface area contributed by atoms with Crippen LogP contribution in [0.15, 0.2) is 0 Å². The summed E-state index contributed by atoms with van der Waals surface area (Å²) in [4.78, 5) is 0.490. The molecular weight excluding hydrogens is 312 g/mol. The smallest absolute Gasteiger partial charge is 0.0668 e. The van der Waals surface area contributed by atoms with Gasteiger partial charge in [-0.1, -0.05) is 36.7 Å². The van der Waals surface area contributed by atoms with Crippen LogP contribution in [0.25, 0.3) is 0 Å². The molecule has 0 aromatic rings. The zero-order valence-corrected chi connectivity index (χ0v) is 14.3. The van der Waals surface area contributed by atoms with Gasteiger partial charge in [-0.15, -0.1) is 11.6 Å². The highest BCUT2D eigenvalue weighted by Gasteiger charge is 2.58. The molecule has 1 N–H and O–H groups in total. The standard InChI is InChI=1S/C15H26BrClO/c1-9(2)10-5-7-14(3)11(16)6-8-15(4,18)13(14)12(10)17/h9-13,18H,5-8H2,1-4H3. The van der Waals surface area contributed by atoms with Crippen LogP contribution in [0.4, 0.5) is 0 Å². The molecule has 18 heavy (non-hydrogen) atoms. The van der Waals surface area contributed by atoms with E-state index in [0.717, 1.165) is 12.8 Å². The Morgan fingerprint density at radius 2 is 1.83 bits per heavy atom. The van der Waals surface area contributed by atoms with Crippen molar-refractivity contribution in [2.75, 3.05) is 0 Å². The molecule has 0 aromatic carbocycles. The van der Waals surface area contributed by atoms with E-state index in [2.05, 4.69) is 36.7 Å². The minimum atomic E-state index is -0.612. The lowest BCUT2D eigenvalue weighted by Crippen LogP contribution is -2.60. The molecule has 2 aliphatic rings. The highest BCUT2D eigenvalue weighted by Crippen LogP contribution is 2.59. The van der Waals surface area contributed by atoms with Gasteiger partial charge in [-0.25, -0.2) is 0 Å². The van der Waals surface area contributed by atoms with Crippen molar-refractivity contribution in [3.05, 3.63) is 0 Å². The van der Waals surface area contributed by atoms with Gasteiger partial charge < -0.3 is 5.11 Å². The van der Waals surface area contributed by atoms with E-state index in [1.54, 1.807) is 0 Å². The second kappa shape index (κ2) is 4.93. The molecule has 2 rings (SSSR count). The third-order valence-electron chi connectivity index (χ3n) is 5.60. The van der Waals surface area contributed by atoms with E-state index in [-0.39, 0.29) is 16.7 Å². The molecule has 2 fully saturated rings. The van der Waals surface area contributed by atoms with Crippen molar-refractivity contribution in [2.24, 2.45) is 23.2 Å². The topological polar surface area (TPSA) is 20.2 Å². The van der Waals surface area contributed by atoms with E-state index < -0.39 is 5.60 Å². The van der Waals surface area contributed by atoms with E-state index >= 15 is 0 Å². The molecule has 6 atom stereocenters. The average Bonchev–Trinajstić information content (AvgIpc) is 2.23. The van der Waals surface area contributed by atoms with Crippen LogP contribution in [0.1, 0.15) is 53.4 Å². The normalized spacial score (nSPS) is 53.3. The van der Waals surface area contributed by atoms with E-state index in [1.807, 2.05) is 6.92 Å². The second-order valence-electron chi connectivity index (χ2n) is 7.24. The number of alkyl halides is 2. The molecule has 0 radical (unpaired) electrons. The maximum absolute atomic E-state index is 10.8. The Morgan fingerprint density at radius 1 is 1.22 bits per heavy atom. The van der Waals surface area contributed by atoms with Gasteiger partial charge in [0.2, 0.25) is 0 Å². The van der Waals surface area contributed by atoms with Crippen molar-refractivity contribution >= 4 is 27.5 Å². The first kappa shape index (κ1) is 15.1. The molecule has 0 amide bonds. The van der Waals surface area contributed by atoms with E-state index in [4.69, 9.17) is 11.6 Å². The van der Waals surface area contributed by atoms with Crippen LogP contribution in [-0.2, 0) is 0 Å². The number of halogens is 2. The van der Waals surface area contributed by atoms with Gasteiger partial charge in [0.15, 0.2) is 0 Å². The predicted octanol–water partition coefficient (Wildman–Crippen LogP) is 4.59. The third kappa shape index (κ3) is 2.27. The van der Waals surface area contributed by atoms with Crippen LogP contribution >= 0.6 is 27.5 Å². The molecule has 2 aliphatic carbocycles. The first-order valence-corrected chi connectivity index (χ1v) is 8.56. The maximum atomic E-state index is 10.8. The zero-order valence-electron chi connectivity index (χ0n) is 11.9. The number of fused-ring (bicyclic) bond motifs is 1. The molecule has 106 valence electrons. The van der Waals surface area contributed by atoms with Crippen molar-refractivity contribution in [3.63, 3.8) is 0 Å². The fourth-order valence-corrected chi connectivity index (χ4v) is 6.13. The van der Waals surface area contributed by atoms with Gasteiger partial charge in [-0.2, -0.15) is 0 Å². The first-order valence-electron chi connectivity index (χ1n) is 7.20. The summed E-state index contributed by atoms with van der Waals surface area (Å²) in [5.74, 6) is 1.34. The Labute approximate surface area is 125 Å². The van der Waals surface area contributed by atoms with Crippen LogP contribution in [0, 0.1) is 23.2 Å². The Hall–Kier alpha value is 0.730. The number of rotatable bonds is 1. The summed E-state index contributed by atoms with van der Waals surface area (Å²) in [6, 6.07) is 0. The van der Waals surface area contributed by atoms with Crippen molar-refractivity contribution < 1.29 is 5.11 Å². The van der Waals surface area contributed by atoms with Gasteiger partial charge in [0.1, 0.15) is 0 Å². The number of aliphatic hydroxyl groups is 1. The van der Waals surface area contributed by atoms with Gasteiger partial charge in [0, 0.05) is 16.1 Å². The van der Waals surface area contributed by atoms with E-state index in [0.29, 0.717) is 16.7 Å². The lowest BCUT2D eigenvalue weighted by molar-refractivity contribution is -0.119. The minimum Gasteiger partial charge on any atom is -0.390 e. The van der Waals surface area contributed by atoms with Crippen molar-refractivity contribution in [2.45, 2.75) is 69.2 Å². The summed E-state index contributed by atoms with van der Waals surface area (Å²) in [6.45, 7) is 8.82. The summed E-state index contributed by atoms with van der Waals surface area (Å²) >= 11 is 10.7. The van der Waals surface area contributed by atoms with E-state index in [1.165, 1.54) is 12.8 Å². The Morgan fingerprint density at radius 3 is 2.39 bits per heavy atom. The van der Waals surface area contributed by atoms with Crippen LogP contribution in [0.3, 0.4) is 0 Å². The largest absolute Gasteiger partial charge is 0.390 e. The highest BCUT2D eigenvalue weighted by atomic mass is 79.9. The lowest BCUT2D eigenvalue weighted by atomic mass is 9.52. The maximum Gasteiger partial charge on any atom is 0.0668 e. The van der Waals surface area contributed by atoms with Crippen molar-refractivity contribution in [1.82, 2.24) is 0 Å². The Bertz CT molecular complexity index is 318. The van der Waals surface area contributed by atoms with Crippen LogP contribution in [0.5, 0.6) is 0 Å². The van der Waals surface area contributed by atoms with Gasteiger partial charge in [0.25, 0.3) is 0 Å². The van der Waals surface area contributed by atoms with Gasteiger partial charge in [-0.3, -0.25) is 0 Å². The molecule has 0 saturated heterocycles. The molecule has 0 heterocycles. The van der Waals surface area contributed by atoms with Gasteiger partial charge in [0.05, 0.1) is 5.60 Å². The molecule has 2 saturated carbocycles. The molecule has 3 heteroatoms. The Kier molecular flexibility index (Phi) is 4.14. The summed E-state index contributed by atoms with van der Waals surface area (Å²) in [5, 5.41) is 10.9. The molecule has 0 bridgehead atoms. The van der Waals surface area contributed by atoms with Crippen LogP contribution in [0.2, 0.25) is 0 Å². The van der Waals surface area contributed by atoms with Crippen LogP contribution in [-0.4, -0.2) is 20.9 Å². The molecule has 0 aliphatic heterocycles. The average molecular weight is 338 g/mol. The number of hydrogen-bond acceptors (Lipinski definition) is 1. The van der Waals surface area contributed by atoms with E-state index in [9.17, 15) is 5.11 Å². The molecule has 1 nitrogen and oxygen atoms in total. The van der Waals surface area contributed by atoms with Gasteiger partial charge in [-0.05, 0) is 49.9 Å². The predicted molar refractivity (Wildman–Crippen MR) is 81.4 cm³/mol. The lowest BCUT2D eigenvalue weighted by Gasteiger charge is -2.59. The summed E-state index contributed by atoms with van der Waals surface area (Å²) in [6.07, 6.45) is 4.28. The molecular formula is C15H26BrClO. The summed E-state index contributed by atoms with van der Waals surface area (Å²) < 4.78 is 0. The molecule has 6 unspecified atom stereocenters. The SMILES string of the molecule is CC(C)C1CCC2(C)C(Br)CCC(C)(O)C2C1Cl. The first-order chi connectivity index (χ1) is 8.20. The fourth-order valence-electron chi connectivity index (χ4n) is 4.41. The van der Waals surface area contributed by atoms with Crippen molar-refractivity contribution in [1.29, 1.82) is 0 Å². The second-order valence-corrected chi connectivity index (χ2v) is 8.85. The number of hydrogen-bond donors (Lipinski definition) is 1. The summed E-state index contributed by atoms with van der Waals surface area (Å²) in [5.41, 5.74) is -0.474. The van der Waals surface area contributed by atoms with Crippen molar-refractivity contribution in [3.8, 4) is 0 Å². The molecule has 0 aromatic heterocycles. The Balaban J connectivity index is 2.35. The zero-order chi connectivity index (χ0) is 13.7. The summed E-state index contributed by atoms with van der Waals surface area (Å²) in [7, 11) is 0. The van der Waals surface area contributed by atoms with Crippen LogP contribution < -0.4 is 0 Å². The quantitative estimate of drug-likeness (QED) is 0.694. The minimum absolute atomic E-state index is 0.0964.